The number of benzene rings is 2. The number of nitrogens with one attached hydrogen (secondary N) is 1. The van der Waals surface area contributed by atoms with Crippen LogP contribution < -0.4 is 5.32 Å². The number of rotatable bonds is 3. The van der Waals surface area contributed by atoms with Gasteiger partial charge in [-0.15, -0.1) is 0 Å². The predicted molar refractivity (Wildman–Crippen MR) is 81.6 cm³/mol. The molecule has 2 heteroatoms. The second-order valence-corrected chi connectivity index (χ2v) is 5.70. The molecule has 1 aliphatic rings. The first kappa shape index (κ1) is 13.3. The Morgan fingerprint density at radius 2 is 1.80 bits per heavy atom. The molecule has 104 valence electrons. The fraction of sp³-hybridized carbons (Fsp3) is 0.333. The van der Waals surface area contributed by atoms with E-state index in [1.165, 1.54) is 16.7 Å². The van der Waals surface area contributed by atoms with Crippen molar-refractivity contribution >= 4 is 0 Å². The fourth-order valence-corrected chi connectivity index (χ4v) is 3.21. The van der Waals surface area contributed by atoms with E-state index in [1.807, 2.05) is 18.2 Å². The van der Waals surface area contributed by atoms with Crippen molar-refractivity contribution in [1.29, 1.82) is 0 Å². The highest BCUT2D eigenvalue weighted by atomic mass is 16.3. The number of aliphatic hydroxyl groups is 1. The van der Waals surface area contributed by atoms with E-state index in [-0.39, 0.29) is 12.1 Å². The van der Waals surface area contributed by atoms with Crippen molar-refractivity contribution < 1.29 is 5.11 Å². The van der Waals surface area contributed by atoms with Crippen molar-refractivity contribution in [3.8, 4) is 0 Å². The van der Waals surface area contributed by atoms with Crippen LogP contribution in [0.15, 0.2) is 48.5 Å². The SMILES string of the molecule is Cc1ccccc1C(C)NC1Cc2ccccc2C1O. The van der Waals surface area contributed by atoms with Crippen LogP contribution >= 0.6 is 0 Å². The van der Waals surface area contributed by atoms with Gasteiger partial charge in [-0.2, -0.15) is 0 Å². The molecule has 0 spiro atoms. The van der Waals surface area contributed by atoms with Crippen LogP contribution in [0, 0.1) is 6.92 Å². The Hall–Kier alpha value is -1.64. The quantitative estimate of drug-likeness (QED) is 0.894. The molecule has 0 saturated heterocycles. The summed E-state index contributed by atoms with van der Waals surface area (Å²) in [6, 6.07) is 16.9. The second kappa shape index (κ2) is 5.39. The summed E-state index contributed by atoms with van der Waals surface area (Å²) in [6.45, 7) is 4.30. The number of hydrogen-bond donors (Lipinski definition) is 2. The summed E-state index contributed by atoms with van der Waals surface area (Å²) in [7, 11) is 0. The third-order valence-electron chi connectivity index (χ3n) is 4.31. The maximum Gasteiger partial charge on any atom is 0.0949 e. The lowest BCUT2D eigenvalue weighted by Crippen LogP contribution is -2.35. The summed E-state index contributed by atoms with van der Waals surface area (Å²) >= 11 is 0. The summed E-state index contributed by atoms with van der Waals surface area (Å²) in [4.78, 5) is 0. The minimum Gasteiger partial charge on any atom is -0.387 e. The number of aryl methyl sites for hydroxylation is 1. The number of hydrogen-bond acceptors (Lipinski definition) is 2. The van der Waals surface area contributed by atoms with Crippen LogP contribution in [0.3, 0.4) is 0 Å². The first-order chi connectivity index (χ1) is 9.66. The van der Waals surface area contributed by atoms with Gasteiger partial charge >= 0.3 is 0 Å². The van der Waals surface area contributed by atoms with Gasteiger partial charge < -0.3 is 10.4 Å². The van der Waals surface area contributed by atoms with E-state index >= 15 is 0 Å². The largest absolute Gasteiger partial charge is 0.387 e. The minimum absolute atomic E-state index is 0.0991. The van der Waals surface area contributed by atoms with Crippen molar-refractivity contribution in [3.63, 3.8) is 0 Å². The summed E-state index contributed by atoms with van der Waals surface area (Å²) in [5.41, 5.74) is 4.92. The average molecular weight is 267 g/mol. The number of fused-ring (bicyclic) bond motifs is 1. The van der Waals surface area contributed by atoms with Crippen molar-refractivity contribution in [3.05, 3.63) is 70.8 Å². The first-order valence-electron chi connectivity index (χ1n) is 7.24. The van der Waals surface area contributed by atoms with Crippen molar-refractivity contribution in [2.75, 3.05) is 0 Å². The van der Waals surface area contributed by atoms with Gasteiger partial charge in [-0.1, -0.05) is 48.5 Å². The summed E-state index contributed by atoms with van der Waals surface area (Å²) in [6.07, 6.45) is 0.491. The van der Waals surface area contributed by atoms with Crippen molar-refractivity contribution in [2.45, 2.75) is 38.5 Å². The van der Waals surface area contributed by atoms with E-state index in [2.05, 4.69) is 49.5 Å². The molecule has 2 aromatic carbocycles. The van der Waals surface area contributed by atoms with E-state index in [4.69, 9.17) is 0 Å². The smallest absolute Gasteiger partial charge is 0.0949 e. The van der Waals surface area contributed by atoms with Gasteiger partial charge in [-0.3, -0.25) is 0 Å². The van der Waals surface area contributed by atoms with E-state index < -0.39 is 6.10 Å². The molecule has 2 N–H and O–H groups in total. The molecule has 0 heterocycles. The van der Waals surface area contributed by atoms with Gasteiger partial charge in [0, 0.05) is 12.1 Å². The Bertz CT molecular complexity index is 608. The molecular formula is C18H21NO. The molecular weight excluding hydrogens is 246 g/mol. The molecule has 20 heavy (non-hydrogen) atoms. The third kappa shape index (κ3) is 2.37. The third-order valence-corrected chi connectivity index (χ3v) is 4.31. The van der Waals surface area contributed by atoms with Crippen LogP contribution in [-0.4, -0.2) is 11.1 Å². The molecule has 0 radical (unpaired) electrons. The van der Waals surface area contributed by atoms with Crippen LogP contribution in [-0.2, 0) is 6.42 Å². The monoisotopic (exact) mass is 267 g/mol. The highest BCUT2D eigenvalue weighted by Crippen LogP contribution is 2.32. The standard InChI is InChI=1S/C18H21NO/c1-12-7-3-5-9-15(12)13(2)19-17-11-14-8-4-6-10-16(14)18(17)20/h3-10,13,17-20H,11H2,1-2H3. The normalized spacial score (nSPS) is 22.6. The lowest BCUT2D eigenvalue weighted by atomic mass is 10.0. The molecule has 3 unspecified atom stereocenters. The maximum atomic E-state index is 10.4. The minimum atomic E-state index is -0.405. The van der Waals surface area contributed by atoms with Gasteiger partial charge in [0.1, 0.15) is 0 Å². The average Bonchev–Trinajstić information content (AvgIpc) is 2.76. The van der Waals surface area contributed by atoms with Crippen LogP contribution in [0.1, 0.15) is 41.3 Å². The molecule has 0 saturated carbocycles. The van der Waals surface area contributed by atoms with Crippen molar-refractivity contribution in [1.82, 2.24) is 5.32 Å². The Labute approximate surface area is 120 Å². The Kier molecular flexibility index (Phi) is 3.60. The fourth-order valence-electron chi connectivity index (χ4n) is 3.21. The van der Waals surface area contributed by atoms with Crippen LogP contribution in [0.5, 0.6) is 0 Å². The lowest BCUT2D eigenvalue weighted by molar-refractivity contribution is 0.136. The predicted octanol–water partition coefficient (Wildman–Crippen LogP) is 3.30. The summed E-state index contributed by atoms with van der Waals surface area (Å²) in [5.74, 6) is 0. The van der Waals surface area contributed by atoms with Gasteiger partial charge in [-0.05, 0) is 42.5 Å². The molecule has 0 amide bonds. The molecule has 2 nitrogen and oxygen atoms in total. The molecule has 0 aliphatic heterocycles. The Morgan fingerprint density at radius 3 is 2.55 bits per heavy atom. The Morgan fingerprint density at radius 1 is 1.10 bits per heavy atom. The molecule has 1 aliphatic carbocycles. The van der Waals surface area contributed by atoms with E-state index in [0.717, 1.165) is 12.0 Å². The van der Waals surface area contributed by atoms with E-state index in [0.29, 0.717) is 0 Å². The zero-order valence-electron chi connectivity index (χ0n) is 12.0. The topological polar surface area (TPSA) is 32.3 Å². The van der Waals surface area contributed by atoms with Crippen LogP contribution in [0.25, 0.3) is 0 Å². The molecule has 0 bridgehead atoms. The molecule has 3 rings (SSSR count). The van der Waals surface area contributed by atoms with Gasteiger partial charge in [0.2, 0.25) is 0 Å². The zero-order chi connectivity index (χ0) is 14.1. The van der Waals surface area contributed by atoms with Crippen molar-refractivity contribution in [2.24, 2.45) is 0 Å². The highest BCUT2D eigenvalue weighted by molar-refractivity contribution is 5.36. The van der Waals surface area contributed by atoms with Gasteiger partial charge in [0.15, 0.2) is 0 Å². The van der Waals surface area contributed by atoms with Gasteiger partial charge in [0.05, 0.1) is 6.10 Å². The van der Waals surface area contributed by atoms with Gasteiger partial charge in [0.25, 0.3) is 0 Å². The lowest BCUT2D eigenvalue weighted by Gasteiger charge is -2.23. The molecule has 3 atom stereocenters. The zero-order valence-corrected chi connectivity index (χ0v) is 12.0. The summed E-state index contributed by atoms with van der Waals surface area (Å²) in [5, 5.41) is 14.0. The van der Waals surface area contributed by atoms with Crippen LogP contribution in [0.4, 0.5) is 0 Å². The van der Waals surface area contributed by atoms with E-state index in [1.54, 1.807) is 0 Å². The van der Waals surface area contributed by atoms with E-state index in [9.17, 15) is 5.11 Å². The molecule has 0 fully saturated rings. The first-order valence-corrected chi connectivity index (χ1v) is 7.24. The molecule has 0 aromatic heterocycles. The summed E-state index contributed by atoms with van der Waals surface area (Å²) < 4.78 is 0. The number of aliphatic hydroxyl groups excluding tert-OH is 1. The highest BCUT2D eigenvalue weighted by Gasteiger charge is 2.31. The Balaban J connectivity index is 1.76. The molecule has 2 aromatic rings. The second-order valence-electron chi connectivity index (χ2n) is 5.70. The van der Waals surface area contributed by atoms with Gasteiger partial charge in [-0.25, -0.2) is 0 Å². The maximum absolute atomic E-state index is 10.4. The van der Waals surface area contributed by atoms with Crippen LogP contribution in [0.2, 0.25) is 0 Å².